The average molecular weight is 322 g/mol. The lowest BCUT2D eigenvalue weighted by atomic mass is 10.3. The molecule has 0 heterocycles. The third kappa shape index (κ3) is 3.89. The molecule has 1 aromatic carbocycles. The van der Waals surface area contributed by atoms with E-state index in [9.17, 15) is 23.3 Å². The first-order valence-electron chi connectivity index (χ1n) is 5.29. The predicted molar refractivity (Wildman–Crippen MR) is 72.0 cm³/mol. The van der Waals surface area contributed by atoms with Gasteiger partial charge in [-0.3, -0.25) is 14.9 Å². The molecule has 0 radical (unpaired) electrons. The van der Waals surface area contributed by atoms with Crippen molar-refractivity contribution in [2.24, 2.45) is 0 Å². The number of sulfonamides is 1. The SMILES string of the molecule is CN(C)C(=O)CNS(=O)(=O)c1cc([N+](=O)[O-])ccc1Cl. The van der Waals surface area contributed by atoms with Crippen LogP contribution in [0.15, 0.2) is 23.1 Å². The molecule has 1 rings (SSSR count). The summed E-state index contributed by atoms with van der Waals surface area (Å²) in [5.74, 6) is -0.463. The number of non-ortho nitro benzene ring substituents is 1. The molecule has 0 atom stereocenters. The topological polar surface area (TPSA) is 110 Å². The van der Waals surface area contributed by atoms with Crippen LogP contribution in [0.4, 0.5) is 5.69 Å². The number of carbonyl (C=O) groups is 1. The van der Waals surface area contributed by atoms with Gasteiger partial charge in [-0.15, -0.1) is 0 Å². The fourth-order valence-electron chi connectivity index (χ4n) is 1.20. The zero-order valence-electron chi connectivity index (χ0n) is 10.7. The van der Waals surface area contributed by atoms with Gasteiger partial charge in [-0.1, -0.05) is 11.6 Å². The van der Waals surface area contributed by atoms with Crippen molar-refractivity contribution in [2.75, 3.05) is 20.6 Å². The Labute approximate surface area is 120 Å². The molecule has 0 saturated heterocycles. The van der Waals surface area contributed by atoms with Gasteiger partial charge in [-0.25, -0.2) is 13.1 Å². The number of likely N-dealkylation sites (N-methyl/N-ethyl adjacent to an activating group) is 1. The molecule has 0 aliphatic heterocycles. The highest BCUT2D eigenvalue weighted by molar-refractivity contribution is 7.89. The van der Waals surface area contributed by atoms with Gasteiger partial charge in [0.1, 0.15) is 4.90 Å². The van der Waals surface area contributed by atoms with Crippen molar-refractivity contribution < 1.29 is 18.1 Å². The first-order chi connectivity index (χ1) is 9.15. The van der Waals surface area contributed by atoms with E-state index in [1.54, 1.807) is 0 Å². The van der Waals surface area contributed by atoms with Gasteiger partial charge >= 0.3 is 0 Å². The minimum atomic E-state index is -4.11. The monoisotopic (exact) mass is 321 g/mol. The van der Waals surface area contributed by atoms with Crippen LogP contribution in [0, 0.1) is 10.1 Å². The van der Waals surface area contributed by atoms with E-state index in [0.717, 1.165) is 18.2 Å². The number of halogens is 1. The minimum absolute atomic E-state index is 0.166. The molecule has 10 heteroatoms. The number of rotatable bonds is 5. The van der Waals surface area contributed by atoms with Crippen molar-refractivity contribution in [3.8, 4) is 0 Å². The summed E-state index contributed by atoms with van der Waals surface area (Å²) < 4.78 is 26.0. The van der Waals surface area contributed by atoms with Crippen LogP contribution >= 0.6 is 11.6 Å². The molecular weight excluding hydrogens is 310 g/mol. The summed E-state index contributed by atoms with van der Waals surface area (Å²) in [6, 6.07) is 3.04. The van der Waals surface area contributed by atoms with Gasteiger partial charge in [0, 0.05) is 26.2 Å². The standard InChI is InChI=1S/C10H12ClN3O5S/c1-13(2)10(15)6-12-20(18,19)9-5-7(14(16)17)3-4-8(9)11/h3-5,12H,6H2,1-2H3. The summed E-state index contributed by atoms with van der Waals surface area (Å²) in [6.45, 7) is -0.464. The summed E-state index contributed by atoms with van der Waals surface area (Å²) in [7, 11) is -1.17. The van der Waals surface area contributed by atoms with E-state index in [1.165, 1.54) is 19.0 Å². The largest absolute Gasteiger partial charge is 0.348 e. The van der Waals surface area contributed by atoms with Crippen LogP contribution in [0.1, 0.15) is 0 Å². The van der Waals surface area contributed by atoms with Crippen molar-refractivity contribution in [3.63, 3.8) is 0 Å². The molecule has 0 fully saturated rings. The van der Waals surface area contributed by atoms with Crippen molar-refractivity contribution in [1.29, 1.82) is 0 Å². The molecule has 1 aromatic rings. The lowest BCUT2D eigenvalue weighted by molar-refractivity contribution is -0.385. The van der Waals surface area contributed by atoms with Crippen LogP contribution in [0.5, 0.6) is 0 Å². The Kier molecular flexibility index (Phi) is 5.03. The fraction of sp³-hybridized carbons (Fsp3) is 0.300. The first kappa shape index (κ1) is 16.3. The highest BCUT2D eigenvalue weighted by atomic mass is 35.5. The molecule has 0 saturated carbocycles. The number of nitrogens with one attached hydrogen (secondary N) is 1. The molecule has 0 aromatic heterocycles. The van der Waals surface area contributed by atoms with Gasteiger partial charge in [0.05, 0.1) is 16.5 Å². The second-order valence-electron chi connectivity index (χ2n) is 3.98. The zero-order chi connectivity index (χ0) is 15.5. The number of nitrogens with zero attached hydrogens (tertiary/aromatic N) is 2. The molecule has 20 heavy (non-hydrogen) atoms. The van der Waals surface area contributed by atoms with E-state index in [0.29, 0.717) is 0 Å². The Balaban J connectivity index is 3.06. The lowest BCUT2D eigenvalue weighted by Gasteiger charge is -2.12. The van der Waals surface area contributed by atoms with Crippen LogP contribution in [0.3, 0.4) is 0 Å². The number of benzene rings is 1. The maximum Gasteiger partial charge on any atom is 0.270 e. The summed E-state index contributed by atoms with van der Waals surface area (Å²) >= 11 is 5.73. The van der Waals surface area contributed by atoms with E-state index in [1.807, 2.05) is 4.72 Å². The molecule has 0 aliphatic carbocycles. The summed E-state index contributed by atoms with van der Waals surface area (Å²) in [5.41, 5.74) is -0.409. The van der Waals surface area contributed by atoms with Gasteiger partial charge in [0.15, 0.2) is 0 Å². The number of amides is 1. The van der Waals surface area contributed by atoms with Crippen LogP contribution < -0.4 is 4.72 Å². The third-order valence-electron chi connectivity index (χ3n) is 2.33. The Hall–Kier alpha value is -1.71. The predicted octanol–water partition coefficient (Wildman–Crippen LogP) is 0.615. The normalized spacial score (nSPS) is 11.2. The van der Waals surface area contributed by atoms with Gasteiger partial charge in [-0.2, -0.15) is 0 Å². The van der Waals surface area contributed by atoms with Crippen molar-refractivity contribution in [3.05, 3.63) is 33.3 Å². The molecule has 0 bridgehead atoms. The molecule has 1 N–H and O–H groups in total. The Morgan fingerprint density at radius 1 is 1.45 bits per heavy atom. The smallest absolute Gasteiger partial charge is 0.270 e. The van der Waals surface area contributed by atoms with Crippen LogP contribution in [-0.2, 0) is 14.8 Å². The van der Waals surface area contributed by atoms with E-state index in [-0.39, 0.29) is 5.02 Å². The maximum atomic E-state index is 12.0. The molecule has 0 aliphatic rings. The second kappa shape index (κ2) is 6.16. The summed E-state index contributed by atoms with van der Waals surface area (Å²) in [5, 5.41) is 10.5. The lowest BCUT2D eigenvalue weighted by Crippen LogP contribution is -2.36. The zero-order valence-corrected chi connectivity index (χ0v) is 12.2. The minimum Gasteiger partial charge on any atom is -0.348 e. The number of hydrogen-bond donors (Lipinski definition) is 1. The van der Waals surface area contributed by atoms with Crippen molar-refractivity contribution in [1.82, 2.24) is 9.62 Å². The van der Waals surface area contributed by atoms with E-state index >= 15 is 0 Å². The fourth-order valence-corrected chi connectivity index (χ4v) is 2.70. The molecular formula is C10H12ClN3O5S. The van der Waals surface area contributed by atoms with Gasteiger partial charge in [0.2, 0.25) is 15.9 Å². The molecule has 0 spiro atoms. The number of hydrogen-bond acceptors (Lipinski definition) is 5. The van der Waals surface area contributed by atoms with Crippen molar-refractivity contribution in [2.45, 2.75) is 4.90 Å². The Morgan fingerprint density at radius 3 is 2.55 bits per heavy atom. The van der Waals surface area contributed by atoms with Crippen LogP contribution in [-0.4, -0.2) is 44.8 Å². The van der Waals surface area contributed by atoms with Crippen LogP contribution in [0.25, 0.3) is 0 Å². The summed E-state index contributed by atoms with van der Waals surface area (Å²) in [6.07, 6.45) is 0. The average Bonchev–Trinajstić information content (AvgIpc) is 2.35. The Bertz CT molecular complexity index is 644. The van der Waals surface area contributed by atoms with Gasteiger partial charge in [-0.05, 0) is 6.07 Å². The van der Waals surface area contributed by atoms with Crippen molar-refractivity contribution >= 4 is 33.2 Å². The van der Waals surface area contributed by atoms with E-state index in [4.69, 9.17) is 11.6 Å². The van der Waals surface area contributed by atoms with Crippen LogP contribution in [0.2, 0.25) is 5.02 Å². The molecule has 110 valence electrons. The van der Waals surface area contributed by atoms with Gasteiger partial charge < -0.3 is 4.90 Å². The third-order valence-corrected chi connectivity index (χ3v) is 4.21. The van der Waals surface area contributed by atoms with Gasteiger partial charge in [0.25, 0.3) is 5.69 Å². The number of nitro groups is 1. The second-order valence-corrected chi connectivity index (χ2v) is 6.13. The highest BCUT2D eigenvalue weighted by Crippen LogP contribution is 2.25. The highest BCUT2D eigenvalue weighted by Gasteiger charge is 2.22. The van der Waals surface area contributed by atoms with E-state index < -0.39 is 38.0 Å². The number of nitro benzene ring substituents is 1. The Morgan fingerprint density at radius 2 is 2.05 bits per heavy atom. The molecule has 1 amide bonds. The molecule has 8 nitrogen and oxygen atoms in total. The van der Waals surface area contributed by atoms with E-state index in [2.05, 4.69) is 0 Å². The molecule has 0 unspecified atom stereocenters. The quantitative estimate of drug-likeness (QED) is 0.631. The first-order valence-corrected chi connectivity index (χ1v) is 7.15. The number of carbonyl (C=O) groups excluding carboxylic acids is 1. The maximum absolute atomic E-state index is 12.0. The summed E-state index contributed by atoms with van der Waals surface area (Å²) in [4.78, 5) is 22.0.